The number of aromatic nitrogens is 1. The van der Waals surface area contributed by atoms with E-state index in [2.05, 4.69) is 36.2 Å². The van der Waals surface area contributed by atoms with Crippen LogP contribution in [0.15, 0.2) is 36.5 Å². The molecule has 0 aliphatic rings. The maximum atomic E-state index is 5.56. The summed E-state index contributed by atoms with van der Waals surface area (Å²) >= 11 is 0. The Morgan fingerprint density at radius 3 is 3.00 bits per heavy atom. The fraction of sp³-hybridized carbons (Fsp3) is 0.357. The van der Waals surface area contributed by atoms with E-state index in [1.54, 1.807) is 0 Å². The second kappa shape index (κ2) is 5.08. The van der Waals surface area contributed by atoms with E-state index >= 15 is 0 Å². The molecule has 0 spiro atoms. The first-order valence-corrected chi connectivity index (χ1v) is 5.83. The maximum Gasteiger partial charge on any atom is 0.0702 e. The van der Waals surface area contributed by atoms with Crippen LogP contribution in [0.2, 0.25) is 0 Å². The summed E-state index contributed by atoms with van der Waals surface area (Å²) in [6.07, 6.45) is 4.02. The molecule has 1 aromatic heterocycles. The van der Waals surface area contributed by atoms with Crippen LogP contribution in [0.5, 0.6) is 0 Å². The summed E-state index contributed by atoms with van der Waals surface area (Å²) < 4.78 is 0. The van der Waals surface area contributed by atoms with Crippen molar-refractivity contribution in [2.45, 2.75) is 19.8 Å². The van der Waals surface area contributed by atoms with E-state index < -0.39 is 0 Å². The molecule has 16 heavy (non-hydrogen) atoms. The van der Waals surface area contributed by atoms with E-state index in [1.807, 2.05) is 12.3 Å². The van der Waals surface area contributed by atoms with Crippen LogP contribution in [0.1, 0.15) is 18.9 Å². The summed E-state index contributed by atoms with van der Waals surface area (Å²) in [6, 6.07) is 10.6. The highest BCUT2D eigenvalue weighted by atomic mass is 14.6. The molecule has 0 aliphatic heterocycles. The minimum atomic E-state index is 0.652. The average Bonchev–Trinajstić information content (AvgIpc) is 2.29. The third-order valence-electron chi connectivity index (χ3n) is 2.91. The van der Waals surface area contributed by atoms with Gasteiger partial charge in [-0.05, 0) is 49.1 Å². The van der Waals surface area contributed by atoms with Gasteiger partial charge in [-0.15, -0.1) is 0 Å². The molecule has 0 radical (unpaired) electrons. The van der Waals surface area contributed by atoms with E-state index in [4.69, 9.17) is 5.73 Å². The molecule has 2 aromatic rings. The molecule has 1 unspecified atom stereocenters. The molecule has 0 amide bonds. The lowest BCUT2D eigenvalue weighted by molar-refractivity contribution is 0.539. The van der Waals surface area contributed by atoms with Gasteiger partial charge in [-0.25, -0.2) is 0 Å². The van der Waals surface area contributed by atoms with Crippen molar-refractivity contribution in [1.29, 1.82) is 0 Å². The second-order valence-electron chi connectivity index (χ2n) is 4.42. The highest BCUT2D eigenvalue weighted by Crippen LogP contribution is 2.17. The van der Waals surface area contributed by atoms with Gasteiger partial charge in [0.1, 0.15) is 0 Å². The normalized spacial score (nSPS) is 12.9. The zero-order chi connectivity index (χ0) is 11.4. The zero-order valence-corrected chi connectivity index (χ0v) is 9.69. The molecule has 2 heteroatoms. The molecular formula is C14H18N2. The van der Waals surface area contributed by atoms with Gasteiger partial charge in [-0.1, -0.05) is 19.1 Å². The number of rotatable bonds is 4. The van der Waals surface area contributed by atoms with Gasteiger partial charge in [0, 0.05) is 11.6 Å². The van der Waals surface area contributed by atoms with Crippen molar-refractivity contribution in [1.82, 2.24) is 4.98 Å². The molecule has 0 saturated carbocycles. The van der Waals surface area contributed by atoms with Crippen molar-refractivity contribution in [2.75, 3.05) is 6.54 Å². The number of hydrogen-bond acceptors (Lipinski definition) is 2. The Hall–Kier alpha value is -1.41. The number of benzene rings is 1. The van der Waals surface area contributed by atoms with Crippen molar-refractivity contribution in [3.8, 4) is 0 Å². The summed E-state index contributed by atoms with van der Waals surface area (Å²) in [5.41, 5.74) is 8.01. The molecule has 1 aromatic carbocycles. The third-order valence-corrected chi connectivity index (χ3v) is 2.91. The Morgan fingerprint density at radius 1 is 1.31 bits per heavy atom. The summed E-state index contributed by atoms with van der Waals surface area (Å²) in [5, 5.41) is 1.22. The van der Waals surface area contributed by atoms with Gasteiger partial charge in [0.15, 0.2) is 0 Å². The molecule has 1 atom stereocenters. The number of hydrogen-bond donors (Lipinski definition) is 1. The van der Waals surface area contributed by atoms with Crippen LogP contribution in [0.25, 0.3) is 10.9 Å². The van der Waals surface area contributed by atoms with E-state index in [9.17, 15) is 0 Å². The number of nitrogens with zero attached hydrogens (tertiary/aromatic N) is 1. The first kappa shape index (κ1) is 11.1. The van der Waals surface area contributed by atoms with Gasteiger partial charge < -0.3 is 5.73 Å². The summed E-state index contributed by atoms with van der Waals surface area (Å²) in [6.45, 7) is 3.02. The fourth-order valence-electron chi connectivity index (χ4n) is 2.04. The number of nitrogens with two attached hydrogens (primary N) is 1. The third kappa shape index (κ3) is 2.58. The van der Waals surface area contributed by atoms with Gasteiger partial charge >= 0.3 is 0 Å². The molecule has 2 rings (SSSR count). The van der Waals surface area contributed by atoms with Crippen LogP contribution >= 0.6 is 0 Å². The monoisotopic (exact) mass is 214 g/mol. The van der Waals surface area contributed by atoms with Crippen LogP contribution < -0.4 is 5.73 Å². The molecule has 0 fully saturated rings. The summed E-state index contributed by atoms with van der Waals surface area (Å²) in [4.78, 5) is 4.32. The Kier molecular flexibility index (Phi) is 3.52. The van der Waals surface area contributed by atoms with Crippen molar-refractivity contribution in [3.05, 3.63) is 42.1 Å². The highest BCUT2D eigenvalue weighted by Gasteiger charge is 2.03. The topological polar surface area (TPSA) is 38.9 Å². The summed E-state index contributed by atoms with van der Waals surface area (Å²) in [5.74, 6) is 0.652. The molecule has 1 heterocycles. The van der Waals surface area contributed by atoms with E-state index in [-0.39, 0.29) is 0 Å². The lowest BCUT2D eigenvalue weighted by Gasteiger charge is -2.10. The lowest BCUT2D eigenvalue weighted by Crippen LogP contribution is -2.07. The van der Waals surface area contributed by atoms with Crippen LogP contribution in [0.4, 0.5) is 0 Å². The molecule has 0 saturated heterocycles. The van der Waals surface area contributed by atoms with Crippen LogP contribution in [0, 0.1) is 5.92 Å². The molecule has 0 bridgehead atoms. The molecular weight excluding hydrogens is 196 g/mol. The Balaban J connectivity index is 2.19. The van der Waals surface area contributed by atoms with Crippen LogP contribution in [0.3, 0.4) is 0 Å². The Morgan fingerprint density at radius 2 is 2.19 bits per heavy atom. The van der Waals surface area contributed by atoms with Gasteiger partial charge in [0.05, 0.1) is 5.52 Å². The molecule has 2 N–H and O–H groups in total. The van der Waals surface area contributed by atoms with Crippen LogP contribution in [-0.2, 0) is 6.42 Å². The van der Waals surface area contributed by atoms with Crippen molar-refractivity contribution in [3.63, 3.8) is 0 Å². The SMILES string of the molecule is CC(CCN)Cc1ccc2ncccc2c1. The second-order valence-corrected chi connectivity index (χ2v) is 4.42. The standard InChI is InChI=1S/C14H18N2/c1-11(6-7-15)9-12-4-5-14-13(10-12)3-2-8-16-14/h2-5,8,10-11H,6-7,9,15H2,1H3. The van der Waals surface area contributed by atoms with Crippen molar-refractivity contribution >= 4 is 10.9 Å². The zero-order valence-electron chi connectivity index (χ0n) is 9.69. The summed E-state index contributed by atoms with van der Waals surface area (Å²) in [7, 11) is 0. The minimum Gasteiger partial charge on any atom is -0.330 e. The number of fused-ring (bicyclic) bond motifs is 1. The Labute approximate surface area is 96.5 Å². The van der Waals surface area contributed by atoms with Gasteiger partial charge in [-0.3, -0.25) is 4.98 Å². The predicted molar refractivity (Wildman–Crippen MR) is 68.3 cm³/mol. The van der Waals surface area contributed by atoms with E-state index in [1.165, 1.54) is 10.9 Å². The average molecular weight is 214 g/mol. The maximum absolute atomic E-state index is 5.56. The minimum absolute atomic E-state index is 0.652. The molecule has 84 valence electrons. The lowest BCUT2D eigenvalue weighted by atomic mass is 9.97. The molecule has 0 aliphatic carbocycles. The largest absolute Gasteiger partial charge is 0.330 e. The first-order chi connectivity index (χ1) is 7.79. The van der Waals surface area contributed by atoms with E-state index in [0.717, 1.165) is 24.9 Å². The van der Waals surface area contributed by atoms with Gasteiger partial charge in [0.2, 0.25) is 0 Å². The van der Waals surface area contributed by atoms with Crippen molar-refractivity contribution < 1.29 is 0 Å². The van der Waals surface area contributed by atoms with Crippen LogP contribution in [-0.4, -0.2) is 11.5 Å². The van der Waals surface area contributed by atoms with Gasteiger partial charge in [-0.2, -0.15) is 0 Å². The predicted octanol–water partition coefficient (Wildman–Crippen LogP) is 2.76. The number of pyridine rings is 1. The molecule has 2 nitrogen and oxygen atoms in total. The first-order valence-electron chi connectivity index (χ1n) is 5.83. The Bertz CT molecular complexity index is 465. The highest BCUT2D eigenvalue weighted by molar-refractivity contribution is 5.78. The van der Waals surface area contributed by atoms with E-state index in [0.29, 0.717) is 5.92 Å². The smallest absolute Gasteiger partial charge is 0.0702 e. The quantitative estimate of drug-likeness (QED) is 0.850. The fourth-order valence-corrected chi connectivity index (χ4v) is 2.04. The van der Waals surface area contributed by atoms with Crippen molar-refractivity contribution in [2.24, 2.45) is 11.7 Å². The van der Waals surface area contributed by atoms with Gasteiger partial charge in [0.25, 0.3) is 0 Å².